The van der Waals surface area contributed by atoms with Crippen molar-refractivity contribution in [2.45, 2.75) is 26.4 Å². The van der Waals surface area contributed by atoms with E-state index in [-0.39, 0.29) is 5.82 Å². The zero-order valence-electron chi connectivity index (χ0n) is 10.9. The van der Waals surface area contributed by atoms with Crippen LogP contribution in [0.15, 0.2) is 24.4 Å². The summed E-state index contributed by atoms with van der Waals surface area (Å²) in [4.78, 5) is 2.18. The molecular weight excluding hydrogens is 215 g/mol. The quantitative estimate of drug-likeness (QED) is 0.792. The Labute approximate surface area is 102 Å². The summed E-state index contributed by atoms with van der Waals surface area (Å²) in [5, 5.41) is 1.01. The van der Waals surface area contributed by atoms with Crippen molar-refractivity contribution in [1.82, 2.24) is 9.47 Å². The maximum atomic E-state index is 13.4. The lowest BCUT2D eigenvalue weighted by atomic mass is 10.1. The number of hydrogen-bond acceptors (Lipinski definition) is 1. The van der Waals surface area contributed by atoms with Gasteiger partial charge in [0.2, 0.25) is 0 Å². The van der Waals surface area contributed by atoms with Gasteiger partial charge >= 0.3 is 0 Å². The number of hydrogen-bond donors (Lipinski definition) is 0. The van der Waals surface area contributed by atoms with E-state index in [1.54, 1.807) is 6.07 Å². The standard InChI is InChI=1S/C14H19FN2/c1-10(16(3)4)9-17-8-7-12-11(2)13(15)5-6-14(12)17/h5-8,10H,9H2,1-4H3/t10-/m1/s1. The Bertz CT molecular complexity index is 528. The molecule has 2 rings (SSSR count). The molecule has 0 saturated carbocycles. The van der Waals surface area contributed by atoms with Crippen LogP contribution in [0.5, 0.6) is 0 Å². The first-order valence-electron chi connectivity index (χ1n) is 5.91. The topological polar surface area (TPSA) is 8.17 Å². The van der Waals surface area contributed by atoms with Crippen LogP contribution in [0.2, 0.25) is 0 Å². The van der Waals surface area contributed by atoms with Crippen molar-refractivity contribution in [3.63, 3.8) is 0 Å². The number of aryl methyl sites for hydroxylation is 1. The molecule has 92 valence electrons. The van der Waals surface area contributed by atoms with Gasteiger partial charge in [-0.05, 0) is 51.7 Å². The van der Waals surface area contributed by atoms with E-state index in [0.29, 0.717) is 6.04 Å². The van der Waals surface area contributed by atoms with Gasteiger partial charge in [-0.15, -0.1) is 0 Å². The minimum Gasteiger partial charge on any atom is -0.346 e. The molecule has 0 amide bonds. The fourth-order valence-corrected chi connectivity index (χ4v) is 2.00. The lowest BCUT2D eigenvalue weighted by molar-refractivity contribution is 0.286. The summed E-state index contributed by atoms with van der Waals surface area (Å²) in [6.07, 6.45) is 2.04. The molecule has 0 bridgehead atoms. The molecule has 0 N–H and O–H groups in total. The Morgan fingerprint density at radius 2 is 2.00 bits per heavy atom. The minimum atomic E-state index is -0.129. The van der Waals surface area contributed by atoms with Crippen LogP contribution in [0, 0.1) is 12.7 Å². The van der Waals surface area contributed by atoms with Crippen molar-refractivity contribution in [2.75, 3.05) is 14.1 Å². The van der Waals surface area contributed by atoms with Gasteiger partial charge in [-0.1, -0.05) is 0 Å². The maximum Gasteiger partial charge on any atom is 0.126 e. The SMILES string of the molecule is Cc1c(F)ccc2c1ccn2C[C@@H](C)N(C)C. The summed E-state index contributed by atoms with van der Waals surface area (Å²) >= 11 is 0. The Morgan fingerprint density at radius 3 is 2.65 bits per heavy atom. The van der Waals surface area contributed by atoms with Gasteiger partial charge in [0.1, 0.15) is 5.82 Å². The number of likely N-dealkylation sites (N-methyl/N-ethyl adjacent to an activating group) is 1. The summed E-state index contributed by atoms with van der Waals surface area (Å²) in [6.45, 7) is 4.93. The number of benzene rings is 1. The summed E-state index contributed by atoms with van der Waals surface area (Å²) < 4.78 is 15.6. The highest BCUT2D eigenvalue weighted by Crippen LogP contribution is 2.22. The van der Waals surface area contributed by atoms with Gasteiger partial charge in [0, 0.05) is 29.7 Å². The van der Waals surface area contributed by atoms with Gasteiger partial charge in [0.25, 0.3) is 0 Å². The molecule has 0 aliphatic heterocycles. The highest BCUT2D eigenvalue weighted by molar-refractivity contribution is 5.83. The van der Waals surface area contributed by atoms with E-state index in [0.717, 1.165) is 23.0 Å². The number of nitrogens with zero attached hydrogens (tertiary/aromatic N) is 2. The Hall–Kier alpha value is -1.35. The fourth-order valence-electron chi connectivity index (χ4n) is 2.00. The van der Waals surface area contributed by atoms with Crippen molar-refractivity contribution in [3.8, 4) is 0 Å². The molecule has 1 atom stereocenters. The Balaban J connectivity index is 2.40. The molecule has 0 radical (unpaired) electrons. The fraction of sp³-hybridized carbons (Fsp3) is 0.429. The number of halogens is 1. The number of fused-ring (bicyclic) bond motifs is 1. The number of rotatable bonds is 3. The smallest absolute Gasteiger partial charge is 0.126 e. The molecule has 0 aliphatic rings. The number of aromatic nitrogens is 1. The van der Waals surface area contributed by atoms with Gasteiger partial charge in [-0.3, -0.25) is 0 Å². The molecule has 0 saturated heterocycles. The molecular formula is C14H19FN2. The molecule has 1 heterocycles. The first kappa shape index (κ1) is 12.1. The minimum absolute atomic E-state index is 0.129. The first-order chi connectivity index (χ1) is 8.00. The molecule has 1 aromatic heterocycles. The second kappa shape index (κ2) is 4.49. The molecule has 0 aliphatic carbocycles. The van der Waals surface area contributed by atoms with Crippen LogP contribution >= 0.6 is 0 Å². The van der Waals surface area contributed by atoms with Gasteiger partial charge in [0.15, 0.2) is 0 Å². The predicted octanol–water partition coefficient (Wildman–Crippen LogP) is 3.04. The van der Waals surface area contributed by atoms with Crippen LogP contribution in [0.3, 0.4) is 0 Å². The van der Waals surface area contributed by atoms with Crippen LogP contribution in [-0.2, 0) is 6.54 Å². The lowest BCUT2D eigenvalue weighted by Gasteiger charge is -2.20. The summed E-state index contributed by atoms with van der Waals surface area (Å²) in [6, 6.07) is 5.86. The largest absolute Gasteiger partial charge is 0.346 e. The normalized spacial score (nSPS) is 13.5. The summed E-state index contributed by atoms with van der Waals surface area (Å²) in [5.41, 5.74) is 1.84. The van der Waals surface area contributed by atoms with Crippen molar-refractivity contribution >= 4 is 10.9 Å². The van der Waals surface area contributed by atoms with Crippen LogP contribution in [0.1, 0.15) is 12.5 Å². The summed E-state index contributed by atoms with van der Waals surface area (Å²) in [5.74, 6) is -0.129. The monoisotopic (exact) mass is 234 g/mol. The van der Waals surface area contributed by atoms with E-state index in [4.69, 9.17) is 0 Å². The van der Waals surface area contributed by atoms with Crippen LogP contribution in [0.4, 0.5) is 4.39 Å². The predicted molar refractivity (Wildman–Crippen MR) is 69.8 cm³/mol. The van der Waals surface area contributed by atoms with Gasteiger partial charge in [-0.2, -0.15) is 0 Å². The van der Waals surface area contributed by atoms with Crippen molar-refractivity contribution in [1.29, 1.82) is 0 Å². The van der Waals surface area contributed by atoms with E-state index >= 15 is 0 Å². The zero-order chi connectivity index (χ0) is 12.6. The second-order valence-corrected chi connectivity index (χ2v) is 4.89. The van der Waals surface area contributed by atoms with E-state index in [9.17, 15) is 4.39 Å². The average Bonchev–Trinajstić information content (AvgIpc) is 2.67. The van der Waals surface area contributed by atoms with Crippen LogP contribution in [0.25, 0.3) is 10.9 Å². The van der Waals surface area contributed by atoms with Gasteiger partial charge < -0.3 is 9.47 Å². The summed E-state index contributed by atoms with van der Waals surface area (Å²) in [7, 11) is 4.14. The molecule has 0 fully saturated rings. The van der Waals surface area contributed by atoms with Crippen LogP contribution in [-0.4, -0.2) is 29.6 Å². The van der Waals surface area contributed by atoms with E-state index in [1.165, 1.54) is 0 Å². The second-order valence-electron chi connectivity index (χ2n) is 4.89. The third-order valence-electron chi connectivity index (χ3n) is 3.50. The maximum absolute atomic E-state index is 13.4. The molecule has 1 aromatic carbocycles. The third kappa shape index (κ3) is 2.20. The van der Waals surface area contributed by atoms with Crippen molar-refractivity contribution in [2.24, 2.45) is 0 Å². The van der Waals surface area contributed by atoms with E-state index < -0.39 is 0 Å². The molecule has 2 nitrogen and oxygen atoms in total. The van der Waals surface area contributed by atoms with Crippen molar-refractivity contribution in [3.05, 3.63) is 35.8 Å². The highest BCUT2D eigenvalue weighted by Gasteiger charge is 2.10. The molecule has 17 heavy (non-hydrogen) atoms. The third-order valence-corrected chi connectivity index (χ3v) is 3.50. The van der Waals surface area contributed by atoms with E-state index in [2.05, 4.69) is 30.5 Å². The van der Waals surface area contributed by atoms with E-state index in [1.807, 2.05) is 25.3 Å². The highest BCUT2D eigenvalue weighted by atomic mass is 19.1. The van der Waals surface area contributed by atoms with Crippen LogP contribution < -0.4 is 0 Å². The van der Waals surface area contributed by atoms with Gasteiger partial charge in [-0.25, -0.2) is 4.39 Å². The Morgan fingerprint density at radius 1 is 1.29 bits per heavy atom. The zero-order valence-corrected chi connectivity index (χ0v) is 10.9. The molecule has 0 unspecified atom stereocenters. The molecule has 3 heteroatoms. The average molecular weight is 234 g/mol. The van der Waals surface area contributed by atoms with Crippen molar-refractivity contribution < 1.29 is 4.39 Å². The molecule has 2 aromatic rings. The van der Waals surface area contributed by atoms with Gasteiger partial charge in [0.05, 0.1) is 0 Å². The first-order valence-corrected chi connectivity index (χ1v) is 5.91. The molecule has 0 spiro atoms. The lowest BCUT2D eigenvalue weighted by Crippen LogP contribution is -2.28. The Kier molecular flexibility index (Phi) is 3.20.